The van der Waals surface area contributed by atoms with Gasteiger partial charge in [0.2, 0.25) is 5.91 Å². The maximum atomic E-state index is 12.0. The van der Waals surface area contributed by atoms with E-state index in [1.165, 1.54) is 16.2 Å². The molecule has 0 spiro atoms. The molecule has 19 heavy (non-hydrogen) atoms. The summed E-state index contributed by atoms with van der Waals surface area (Å²) in [6, 6.07) is 1.82. The van der Waals surface area contributed by atoms with Crippen molar-refractivity contribution in [2.75, 3.05) is 33.9 Å². The van der Waals surface area contributed by atoms with Gasteiger partial charge in [-0.05, 0) is 33.8 Å². The Morgan fingerprint density at radius 1 is 1.53 bits per heavy atom. The van der Waals surface area contributed by atoms with Crippen LogP contribution >= 0.6 is 27.3 Å². The molecule has 0 fully saturated rings. The number of carbonyl (C=O) groups excluding carboxylic acids is 2. The van der Waals surface area contributed by atoms with Gasteiger partial charge in [-0.25, -0.2) is 0 Å². The van der Waals surface area contributed by atoms with Crippen LogP contribution in [0.3, 0.4) is 0 Å². The Kier molecular flexibility index (Phi) is 7.04. The lowest BCUT2D eigenvalue weighted by Crippen LogP contribution is -2.38. The molecule has 0 aromatic carbocycles. The average molecular weight is 349 g/mol. The molecule has 0 bridgehead atoms. The molecule has 0 aliphatic heterocycles. The molecule has 0 aliphatic carbocycles. The van der Waals surface area contributed by atoms with Crippen molar-refractivity contribution in [1.82, 2.24) is 10.2 Å². The monoisotopic (exact) mass is 348 g/mol. The highest BCUT2D eigenvalue weighted by Gasteiger charge is 2.18. The minimum Gasteiger partial charge on any atom is -0.385 e. The van der Waals surface area contributed by atoms with Gasteiger partial charge in [-0.15, -0.1) is 11.3 Å². The molecular formula is C12H17BrN2O3S. The summed E-state index contributed by atoms with van der Waals surface area (Å²) in [7, 11) is 3.23. The summed E-state index contributed by atoms with van der Waals surface area (Å²) in [6.07, 6.45) is 0.760. The second-order valence-corrected chi connectivity index (χ2v) is 5.73. The first-order valence-corrected chi connectivity index (χ1v) is 7.47. The second-order valence-electron chi connectivity index (χ2n) is 3.96. The molecule has 7 heteroatoms. The highest BCUT2D eigenvalue weighted by atomic mass is 79.9. The van der Waals surface area contributed by atoms with Crippen LogP contribution in [0.1, 0.15) is 16.1 Å². The Morgan fingerprint density at radius 3 is 2.84 bits per heavy atom. The van der Waals surface area contributed by atoms with Crippen molar-refractivity contribution in [2.45, 2.75) is 6.42 Å². The fourth-order valence-corrected chi connectivity index (χ4v) is 2.94. The molecule has 0 saturated heterocycles. The van der Waals surface area contributed by atoms with Crippen molar-refractivity contribution in [1.29, 1.82) is 0 Å². The number of nitrogens with zero attached hydrogens (tertiary/aromatic N) is 1. The summed E-state index contributed by atoms with van der Waals surface area (Å²) < 4.78 is 5.64. The van der Waals surface area contributed by atoms with E-state index in [9.17, 15) is 9.59 Å². The number of ether oxygens (including phenoxy) is 1. The zero-order valence-corrected chi connectivity index (χ0v) is 13.3. The highest BCUT2D eigenvalue weighted by molar-refractivity contribution is 9.10. The molecule has 0 radical (unpaired) electrons. The second kappa shape index (κ2) is 8.29. The first kappa shape index (κ1) is 16.1. The zero-order valence-electron chi connectivity index (χ0n) is 10.9. The van der Waals surface area contributed by atoms with E-state index in [4.69, 9.17) is 4.74 Å². The van der Waals surface area contributed by atoms with E-state index in [-0.39, 0.29) is 18.4 Å². The van der Waals surface area contributed by atoms with Crippen LogP contribution in [0.4, 0.5) is 0 Å². The molecule has 1 rings (SSSR count). The lowest BCUT2D eigenvalue weighted by atomic mass is 10.4. The van der Waals surface area contributed by atoms with Crippen molar-refractivity contribution in [3.63, 3.8) is 0 Å². The first-order valence-electron chi connectivity index (χ1n) is 5.80. The summed E-state index contributed by atoms with van der Waals surface area (Å²) in [5.74, 6) is -0.325. The van der Waals surface area contributed by atoms with Crippen LogP contribution in [0.5, 0.6) is 0 Å². The van der Waals surface area contributed by atoms with Gasteiger partial charge in [0.1, 0.15) is 4.88 Å². The van der Waals surface area contributed by atoms with Gasteiger partial charge in [0.05, 0.1) is 6.54 Å². The van der Waals surface area contributed by atoms with Gasteiger partial charge in [-0.1, -0.05) is 0 Å². The van der Waals surface area contributed by atoms with E-state index < -0.39 is 0 Å². The van der Waals surface area contributed by atoms with E-state index >= 15 is 0 Å². The number of hydrogen-bond acceptors (Lipinski definition) is 4. The summed E-state index contributed by atoms with van der Waals surface area (Å²) in [6.45, 7) is 1.21. The van der Waals surface area contributed by atoms with Gasteiger partial charge in [0.25, 0.3) is 5.91 Å². The number of rotatable bonds is 7. The maximum Gasteiger partial charge on any atom is 0.265 e. The van der Waals surface area contributed by atoms with E-state index in [1.807, 2.05) is 11.4 Å². The molecule has 1 aromatic rings. The third-order valence-electron chi connectivity index (χ3n) is 2.39. The molecule has 0 saturated carbocycles. The largest absolute Gasteiger partial charge is 0.385 e. The third-order valence-corrected chi connectivity index (χ3v) is 4.21. The predicted octanol–water partition coefficient (Wildman–Crippen LogP) is 1.74. The fourth-order valence-electron chi connectivity index (χ4n) is 1.41. The van der Waals surface area contributed by atoms with Gasteiger partial charge in [-0.3, -0.25) is 9.59 Å². The number of amides is 2. The Bertz CT molecular complexity index is 436. The van der Waals surface area contributed by atoms with Crippen molar-refractivity contribution in [3.8, 4) is 0 Å². The summed E-state index contributed by atoms with van der Waals surface area (Å²) in [5, 5.41) is 4.57. The zero-order chi connectivity index (χ0) is 14.3. The smallest absolute Gasteiger partial charge is 0.265 e. The summed E-state index contributed by atoms with van der Waals surface area (Å²) >= 11 is 4.66. The Balaban J connectivity index is 2.38. The van der Waals surface area contributed by atoms with E-state index in [0.29, 0.717) is 18.0 Å². The molecule has 106 valence electrons. The number of halogens is 1. The number of nitrogens with one attached hydrogen (secondary N) is 1. The van der Waals surface area contributed by atoms with Gasteiger partial charge in [0.15, 0.2) is 0 Å². The molecule has 1 N–H and O–H groups in total. The van der Waals surface area contributed by atoms with Crippen molar-refractivity contribution in [2.24, 2.45) is 0 Å². The molecule has 0 aliphatic rings. The standard InChI is InChI=1S/C12H17BrN2O3S/c1-15(8-10(16)14-5-3-6-18-2)12(17)11-9(13)4-7-19-11/h4,7H,3,5-6,8H2,1-2H3,(H,14,16). The maximum absolute atomic E-state index is 12.0. The summed E-state index contributed by atoms with van der Waals surface area (Å²) in [5.41, 5.74) is 0. The van der Waals surface area contributed by atoms with Gasteiger partial charge in [-0.2, -0.15) is 0 Å². The minimum atomic E-state index is -0.167. The van der Waals surface area contributed by atoms with Gasteiger partial charge >= 0.3 is 0 Å². The van der Waals surface area contributed by atoms with Crippen molar-refractivity contribution >= 4 is 39.1 Å². The number of likely N-dealkylation sites (N-methyl/N-ethyl adjacent to an activating group) is 1. The molecule has 2 amide bonds. The van der Waals surface area contributed by atoms with Crippen LogP contribution < -0.4 is 5.32 Å². The molecule has 1 aromatic heterocycles. The van der Waals surface area contributed by atoms with E-state index in [1.54, 1.807) is 14.2 Å². The molecule has 5 nitrogen and oxygen atoms in total. The molecule has 0 atom stereocenters. The number of thiophene rings is 1. The SMILES string of the molecule is COCCCNC(=O)CN(C)C(=O)c1sccc1Br. The minimum absolute atomic E-state index is 0.0517. The lowest BCUT2D eigenvalue weighted by Gasteiger charge is -2.16. The molecule has 1 heterocycles. The Labute approximate surface area is 125 Å². The van der Waals surface area contributed by atoms with E-state index in [0.717, 1.165) is 10.9 Å². The van der Waals surface area contributed by atoms with E-state index in [2.05, 4.69) is 21.2 Å². The van der Waals surface area contributed by atoms with Crippen molar-refractivity contribution < 1.29 is 14.3 Å². The third kappa shape index (κ3) is 5.30. The fraction of sp³-hybridized carbons (Fsp3) is 0.500. The normalized spacial score (nSPS) is 10.3. The van der Waals surface area contributed by atoms with Gasteiger partial charge in [0, 0.05) is 31.8 Å². The number of hydrogen-bond donors (Lipinski definition) is 1. The number of carbonyl (C=O) groups is 2. The predicted molar refractivity (Wildman–Crippen MR) is 78.5 cm³/mol. The first-order chi connectivity index (χ1) is 9.06. The molecular weight excluding hydrogens is 332 g/mol. The quantitative estimate of drug-likeness (QED) is 0.763. The number of methoxy groups -OCH3 is 1. The van der Waals surface area contributed by atoms with Crippen LogP contribution in [-0.4, -0.2) is 50.6 Å². The Hall–Kier alpha value is -0.920. The van der Waals surface area contributed by atoms with Crippen LogP contribution in [-0.2, 0) is 9.53 Å². The van der Waals surface area contributed by atoms with Crippen LogP contribution in [0.15, 0.2) is 15.9 Å². The van der Waals surface area contributed by atoms with Crippen LogP contribution in [0, 0.1) is 0 Å². The topological polar surface area (TPSA) is 58.6 Å². The van der Waals surface area contributed by atoms with Crippen molar-refractivity contribution in [3.05, 3.63) is 20.8 Å². The average Bonchev–Trinajstić information content (AvgIpc) is 2.80. The lowest BCUT2D eigenvalue weighted by molar-refractivity contribution is -0.121. The summed E-state index contributed by atoms with van der Waals surface area (Å²) in [4.78, 5) is 25.7. The van der Waals surface area contributed by atoms with Crippen LogP contribution in [0.25, 0.3) is 0 Å². The Morgan fingerprint density at radius 2 is 2.26 bits per heavy atom. The highest BCUT2D eigenvalue weighted by Crippen LogP contribution is 2.23. The van der Waals surface area contributed by atoms with Gasteiger partial charge < -0.3 is 15.0 Å². The van der Waals surface area contributed by atoms with Crippen LogP contribution in [0.2, 0.25) is 0 Å². The molecule has 0 unspecified atom stereocenters.